The summed E-state index contributed by atoms with van der Waals surface area (Å²) < 4.78 is 30.0. The number of rotatable bonds is 5. The van der Waals surface area contributed by atoms with E-state index in [1.54, 1.807) is 12.3 Å². The van der Waals surface area contributed by atoms with Crippen LogP contribution in [-0.2, 0) is 14.8 Å². The van der Waals surface area contributed by atoms with Gasteiger partial charge in [0.05, 0.1) is 19.0 Å². The molecule has 1 aromatic rings. The summed E-state index contributed by atoms with van der Waals surface area (Å²) in [6.07, 6.45) is 2.36. The number of amides is 1. The molecular weight excluding hydrogens is 320 g/mol. The highest BCUT2D eigenvalue weighted by molar-refractivity contribution is 7.88. The third-order valence-electron chi connectivity index (χ3n) is 3.48. The van der Waals surface area contributed by atoms with Crippen molar-refractivity contribution in [2.24, 2.45) is 0 Å². The lowest BCUT2D eigenvalue weighted by Crippen LogP contribution is -2.49. The number of hydrogen-bond acceptors (Lipinski definition) is 6. The predicted molar refractivity (Wildman–Crippen MR) is 84.6 cm³/mol. The Labute approximate surface area is 136 Å². The second-order valence-electron chi connectivity index (χ2n) is 5.78. The summed E-state index contributed by atoms with van der Waals surface area (Å²) in [6, 6.07) is 1.55. The first kappa shape index (κ1) is 17.8. The molecule has 0 aliphatic carbocycles. The molecule has 8 nitrogen and oxygen atoms in total. The van der Waals surface area contributed by atoms with Crippen LogP contribution in [0.15, 0.2) is 12.3 Å². The lowest BCUT2D eigenvalue weighted by atomic mass is 10.2. The van der Waals surface area contributed by atoms with Gasteiger partial charge in [-0.2, -0.15) is 4.31 Å². The average molecular weight is 342 g/mol. The molecule has 1 N–H and O–H groups in total. The van der Waals surface area contributed by atoms with Gasteiger partial charge in [-0.05, 0) is 6.07 Å². The van der Waals surface area contributed by atoms with Crippen LogP contribution in [0.5, 0.6) is 0 Å². The van der Waals surface area contributed by atoms with E-state index in [0.717, 1.165) is 0 Å². The van der Waals surface area contributed by atoms with Crippen molar-refractivity contribution >= 4 is 15.9 Å². The molecule has 1 unspecified atom stereocenters. The van der Waals surface area contributed by atoms with Gasteiger partial charge < -0.3 is 10.1 Å². The molecule has 128 valence electrons. The van der Waals surface area contributed by atoms with E-state index in [0.29, 0.717) is 24.7 Å². The Morgan fingerprint density at radius 2 is 2.26 bits per heavy atom. The van der Waals surface area contributed by atoms with Crippen molar-refractivity contribution in [2.45, 2.75) is 25.9 Å². The molecule has 1 saturated heterocycles. The average Bonchev–Trinajstić information content (AvgIpc) is 2.52. The van der Waals surface area contributed by atoms with Crippen LogP contribution in [0, 0.1) is 0 Å². The summed E-state index contributed by atoms with van der Waals surface area (Å²) in [5, 5.41) is 2.73. The van der Waals surface area contributed by atoms with Crippen molar-refractivity contribution in [1.29, 1.82) is 0 Å². The van der Waals surface area contributed by atoms with Crippen molar-refractivity contribution in [2.75, 3.05) is 32.5 Å². The molecule has 1 aliphatic heterocycles. The lowest BCUT2D eigenvalue weighted by molar-refractivity contribution is 0.000410. The van der Waals surface area contributed by atoms with E-state index in [1.807, 2.05) is 13.8 Å². The van der Waals surface area contributed by atoms with E-state index in [1.165, 1.54) is 10.6 Å². The number of aromatic nitrogens is 2. The first-order chi connectivity index (χ1) is 10.8. The smallest absolute Gasteiger partial charge is 0.270 e. The largest absolute Gasteiger partial charge is 0.374 e. The molecular formula is C14H22N4O4S. The van der Waals surface area contributed by atoms with Gasteiger partial charge in [0.1, 0.15) is 11.5 Å². The number of nitrogens with one attached hydrogen (secondary N) is 1. The molecule has 0 radical (unpaired) electrons. The highest BCUT2D eigenvalue weighted by Crippen LogP contribution is 2.10. The van der Waals surface area contributed by atoms with Crippen LogP contribution in [0.2, 0.25) is 0 Å². The topological polar surface area (TPSA) is 101 Å². The van der Waals surface area contributed by atoms with Gasteiger partial charge in [-0.15, -0.1) is 0 Å². The number of ether oxygens (including phenoxy) is 1. The molecule has 2 rings (SSSR count). The van der Waals surface area contributed by atoms with Crippen LogP contribution < -0.4 is 5.32 Å². The molecule has 23 heavy (non-hydrogen) atoms. The van der Waals surface area contributed by atoms with Gasteiger partial charge in [-0.3, -0.25) is 4.79 Å². The van der Waals surface area contributed by atoms with Crippen LogP contribution in [0.1, 0.15) is 36.1 Å². The van der Waals surface area contributed by atoms with Crippen LogP contribution >= 0.6 is 0 Å². The fraction of sp³-hybridized carbons (Fsp3) is 0.643. The van der Waals surface area contributed by atoms with Crippen LogP contribution in [0.4, 0.5) is 0 Å². The normalized spacial score (nSPS) is 19.7. The Balaban J connectivity index is 1.93. The molecule has 1 fully saturated rings. The predicted octanol–water partition coefficient (Wildman–Crippen LogP) is -0.00980. The summed E-state index contributed by atoms with van der Waals surface area (Å²) in [7, 11) is -3.24. The molecule has 1 amide bonds. The van der Waals surface area contributed by atoms with Gasteiger partial charge in [-0.25, -0.2) is 18.4 Å². The first-order valence-electron chi connectivity index (χ1n) is 7.45. The number of carbonyl (C=O) groups is 1. The number of carbonyl (C=O) groups excluding carboxylic acids is 1. The number of hydrogen-bond donors (Lipinski definition) is 1. The summed E-state index contributed by atoms with van der Waals surface area (Å²) in [6.45, 7) is 5.02. The maximum atomic E-state index is 12.2. The molecule has 2 heterocycles. The Morgan fingerprint density at radius 1 is 1.52 bits per heavy atom. The Kier molecular flexibility index (Phi) is 5.66. The molecule has 0 bridgehead atoms. The Bertz CT molecular complexity index is 662. The second-order valence-corrected chi connectivity index (χ2v) is 7.76. The van der Waals surface area contributed by atoms with Crippen molar-refractivity contribution in [3.05, 3.63) is 23.8 Å². The van der Waals surface area contributed by atoms with Gasteiger partial charge in [0, 0.05) is 31.7 Å². The quantitative estimate of drug-likeness (QED) is 0.807. The molecule has 9 heteroatoms. The van der Waals surface area contributed by atoms with E-state index in [9.17, 15) is 13.2 Å². The Morgan fingerprint density at radius 3 is 2.91 bits per heavy atom. The molecule has 1 aliphatic rings. The van der Waals surface area contributed by atoms with Gasteiger partial charge in [0.25, 0.3) is 5.91 Å². The van der Waals surface area contributed by atoms with Gasteiger partial charge >= 0.3 is 0 Å². The molecule has 1 aromatic heterocycles. The fourth-order valence-corrected chi connectivity index (χ4v) is 3.04. The third kappa shape index (κ3) is 4.95. The van der Waals surface area contributed by atoms with Crippen LogP contribution in [0.3, 0.4) is 0 Å². The highest BCUT2D eigenvalue weighted by atomic mass is 32.2. The van der Waals surface area contributed by atoms with E-state index in [-0.39, 0.29) is 31.0 Å². The van der Waals surface area contributed by atoms with E-state index < -0.39 is 10.0 Å². The first-order valence-corrected chi connectivity index (χ1v) is 9.30. The third-order valence-corrected chi connectivity index (χ3v) is 4.75. The zero-order valence-corrected chi connectivity index (χ0v) is 14.3. The summed E-state index contributed by atoms with van der Waals surface area (Å²) in [5.41, 5.74) is 0.291. The minimum absolute atomic E-state index is 0.132. The molecule has 0 saturated carbocycles. The standard InChI is InChI=1S/C14H22N4O4S/c1-10(2)13-15-5-4-12(17-13)14(19)16-8-11-9-18(6-7-22-11)23(3,20)21/h4-5,10-11H,6-9H2,1-3H3,(H,16,19). The van der Waals surface area contributed by atoms with Gasteiger partial charge in [0.2, 0.25) is 10.0 Å². The number of nitrogens with zero attached hydrogens (tertiary/aromatic N) is 3. The molecule has 0 spiro atoms. The summed E-state index contributed by atoms with van der Waals surface area (Å²) >= 11 is 0. The number of sulfonamides is 1. The molecule has 1 atom stereocenters. The zero-order chi connectivity index (χ0) is 17.0. The van der Waals surface area contributed by atoms with E-state index in [2.05, 4.69) is 15.3 Å². The van der Waals surface area contributed by atoms with Crippen molar-refractivity contribution < 1.29 is 17.9 Å². The van der Waals surface area contributed by atoms with Crippen molar-refractivity contribution in [3.63, 3.8) is 0 Å². The summed E-state index contributed by atoms with van der Waals surface area (Å²) in [5.74, 6) is 0.414. The van der Waals surface area contributed by atoms with Crippen LogP contribution in [-0.4, -0.2) is 67.2 Å². The van der Waals surface area contributed by atoms with E-state index >= 15 is 0 Å². The minimum atomic E-state index is -3.24. The fourth-order valence-electron chi connectivity index (χ4n) is 2.19. The lowest BCUT2D eigenvalue weighted by Gasteiger charge is -2.31. The monoisotopic (exact) mass is 342 g/mol. The Hall–Kier alpha value is -1.58. The zero-order valence-electron chi connectivity index (χ0n) is 13.5. The summed E-state index contributed by atoms with van der Waals surface area (Å²) in [4.78, 5) is 20.5. The SMILES string of the molecule is CC(C)c1nccc(C(=O)NCC2CN(S(C)(=O)=O)CCO2)n1. The van der Waals surface area contributed by atoms with Crippen LogP contribution in [0.25, 0.3) is 0 Å². The second kappa shape index (κ2) is 7.33. The minimum Gasteiger partial charge on any atom is -0.374 e. The highest BCUT2D eigenvalue weighted by Gasteiger charge is 2.26. The van der Waals surface area contributed by atoms with E-state index in [4.69, 9.17) is 4.74 Å². The van der Waals surface area contributed by atoms with Gasteiger partial charge in [-0.1, -0.05) is 13.8 Å². The molecule has 0 aromatic carbocycles. The number of morpholine rings is 1. The maximum Gasteiger partial charge on any atom is 0.270 e. The maximum absolute atomic E-state index is 12.2. The van der Waals surface area contributed by atoms with Gasteiger partial charge in [0.15, 0.2) is 0 Å². The van der Waals surface area contributed by atoms with Crippen molar-refractivity contribution in [3.8, 4) is 0 Å². The van der Waals surface area contributed by atoms with Crippen molar-refractivity contribution in [1.82, 2.24) is 19.6 Å².